The topological polar surface area (TPSA) is 80.0 Å². The number of amides is 1. The lowest BCUT2D eigenvalue weighted by Crippen LogP contribution is -2.25. The van der Waals surface area contributed by atoms with E-state index in [1.54, 1.807) is 11.3 Å². The first-order chi connectivity index (χ1) is 9.74. The molecule has 1 amide bonds. The van der Waals surface area contributed by atoms with E-state index < -0.39 is 0 Å². The summed E-state index contributed by atoms with van der Waals surface area (Å²) in [7, 11) is 0. The number of hydrogen-bond donors (Lipinski definition) is 3. The summed E-state index contributed by atoms with van der Waals surface area (Å²) in [4.78, 5) is 17.9. The van der Waals surface area contributed by atoms with Gasteiger partial charge in [0, 0.05) is 20.3 Å². The zero-order valence-corrected chi connectivity index (χ0v) is 15.2. The summed E-state index contributed by atoms with van der Waals surface area (Å²) in [5, 5.41) is 8.71. The van der Waals surface area contributed by atoms with Crippen LogP contribution in [0.25, 0.3) is 0 Å². The van der Waals surface area contributed by atoms with Gasteiger partial charge < -0.3 is 16.4 Å². The number of aromatic nitrogens is 1. The molecule has 0 bridgehead atoms. The second kappa shape index (κ2) is 6.33. The molecule has 0 fully saturated rings. The first-order valence-corrected chi connectivity index (χ1v) is 8.79. The van der Waals surface area contributed by atoms with Crippen molar-refractivity contribution >= 4 is 55.5 Å². The van der Waals surface area contributed by atoms with E-state index in [1.165, 1.54) is 11.3 Å². The Balaban J connectivity index is 2.02. The van der Waals surface area contributed by atoms with E-state index in [4.69, 9.17) is 5.73 Å². The highest BCUT2D eigenvalue weighted by atomic mass is 79.9. The number of nitrogens with one attached hydrogen (secondary N) is 2. The fraction of sp³-hybridized carbons (Fsp3) is 0.385. The summed E-state index contributed by atoms with van der Waals surface area (Å²) in [6.45, 7) is 6.56. The molecule has 0 aliphatic rings. The Morgan fingerprint density at radius 1 is 1.48 bits per heavy atom. The lowest BCUT2D eigenvalue weighted by molar-refractivity contribution is 0.0956. The molecular formula is C13H17BrN4OS2. The quantitative estimate of drug-likeness (QED) is 0.745. The van der Waals surface area contributed by atoms with Crippen molar-refractivity contribution in [2.24, 2.45) is 0 Å². The number of nitrogens with zero attached hydrogens (tertiary/aromatic N) is 1. The Kier molecular flexibility index (Phi) is 4.90. The zero-order chi connectivity index (χ0) is 15.6. The smallest absolute Gasteiger partial charge is 0.265 e. The minimum absolute atomic E-state index is 0.124. The van der Waals surface area contributed by atoms with Gasteiger partial charge in [0.25, 0.3) is 5.91 Å². The second-order valence-electron chi connectivity index (χ2n) is 5.52. The van der Waals surface area contributed by atoms with Crippen molar-refractivity contribution in [3.05, 3.63) is 25.7 Å². The minimum Gasteiger partial charge on any atom is -0.382 e. The predicted octanol–water partition coefficient (Wildman–Crippen LogP) is 3.69. The van der Waals surface area contributed by atoms with Gasteiger partial charge in [0.15, 0.2) is 5.13 Å². The Hall–Kier alpha value is -1.12. The first kappa shape index (κ1) is 16.3. The molecule has 0 atom stereocenters. The summed E-state index contributed by atoms with van der Waals surface area (Å²) in [5.74, 6) is 0.0630. The number of anilines is 2. The van der Waals surface area contributed by atoms with E-state index in [-0.39, 0.29) is 17.3 Å². The van der Waals surface area contributed by atoms with Gasteiger partial charge in [-0.05, 0) is 42.8 Å². The standard InChI is InChI=1S/C13H17BrN4OS2/c1-13(2,3)18-12-17-10(15)9(21-12)11(19)16-5-8-4-7(14)6-20-8/h4,6H,5,15H2,1-3H3,(H,16,19)(H,17,18). The van der Waals surface area contributed by atoms with Crippen molar-refractivity contribution in [3.8, 4) is 0 Å². The van der Waals surface area contributed by atoms with E-state index in [1.807, 2.05) is 32.2 Å². The van der Waals surface area contributed by atoms with Crippen molar-refractivity contribution < 1.29 is 4.79 Å². The molecular weight excluding hydrogens is 372 g/mol. The molecule has 2 aromatic rings. The molecule has 0 unspecified atom stereocenters. The molecule has 2 heterocycles. The van der Waals surface area contributed by atoms with Crippen LogP contribution < -0.4 is 16.4 Å². The summed E-state index contributed by atoms with van der Waals surface area (Å²) >= 11 is 6.24. The molecule has 0 radical (unpaired) electrons. The van der Waals surface area contributed by atoms with Gasteiger partial charge in [-0.25, -0.2) is 4.98 Å². The molecule has 0 aromatic carbocycles. The van der Waals surface area contributed by atoms with Crippen molar-refractivity contribution in [1.29, 1.82) is 0 Å². The van der Waals surface area contributed by atoms with Gasteiger partial charge in [-0.1, -0.05) is 11.3 Å². The van der Waals surface area contributed by atoms with E-state index in [9.17, 15) is 4.79 Å². The van der Waals surface area contributed by atoms with Gasteiger partial charge in [0.2, 0.25) is 0 Å². The monoisotopic (exact) mass is 388 g/mol. The van der Waals surface area contributed by atoms with Crippen LogP contribution in [0.5, 0.6) is 0 Å². The lowest BCUT2D eigenvalue weighted by Gasteiger charge is -2.19. The number of nitrogen functional groups attached to an aromatic ring is 1. The van der Waals surface area contributed by atoms with Gasteiger partial charge in [0.1, 0.15) is 10.7 Å². The van der Waals surface area contributed by atoms with E-state index in [0.717, 1.165) is 9.35 Å². The number of nitrogens with two attached hydrogens (primary N) is 1. The van der Waals surface area contributed by atoms with Crippen molar-refractivity contribution in [2.45, 2.75) is 32.9 Å². The minimum atomic E-state index is -0.198. The zero-order valence-electron chi connectivity index (χ0n) is 12.0. The first-order valence-electron chi connectivity index (χ1n) is 6.30. The fourth-order valence-corrected chi connectivity index (χ4v) is 3.96. The lowest BCUT2D eigenvalue weighted by atomic mass is 10.1. The van der Waals surface area contributed by atoms with Crippen LogP contribution in [0.1, 0.15) is 35.3 Å². The molecule has 21 heavy (non-hydrogen) atoms. The maximum absolute atomic E-state index is 12.2. The second-order valence-corrected chi connectivity index (χ2v) is 8.43. The molecule has 0 aliphatic heterocycles. The number of carbonyl (C=O) groups is 1. The Bertz CT molecular complexity index is 645. The summed E-state index contributed by atoms with van der Waals surface area (Å²) < 4.78 is 1.02. The third-order valence-corrected chi connectivity index (χ3v) is 5.07. The van der Waals surface area contributed by atoms with Crippen LogP contribution >= 0.6 is 38.6 Å². The number of halogens is 1. The highest BCUT2D eigenvalue weighted by Gasteiger charge is 2.19. The third-order valence-electron chi connectivity index (χ3n) is 2.39. The number of thiazole rings is 1. The molecule has 0 saturated carbocycles. The van der Waals surface area contributed by atoms with E-state index in [0.29, 0.717) is 16.6 Å². The fourth-order valence-electron chi connectivity index (χ4n) is 1.56. The Morgan fingerprint density at radius 3 is 2.76 bits per heavy atom. The molecule has 0 aliphatic carbocycles. The summed E-state index contributed by atoms with van der Waals surface area (Å²) in [6.07, 6.45) is 0. The van der Waals surface area contributed by atoms with Crippen LogP contribution in [0.15, 0.2) is 15.9 Å². The largest absolute Gasteiger partial charge is 0.382 e. The highest BCUT2D eigenvalue weighted by molar-refractivity contribution is 9.10. The highest BCUT2D eigenvalue weighted by Crippen LogP contribution is 2.27. The SMILES string of the molecule is CC(C)(C)Nc1nc(N)c(C(=O)NCc2cc(Br)cs2)s1. The van der Waals surface area contributed by atoms with E-state index >= 15 is 0 Å². The Labute approximate surface area is 140 Å². The number of rotatable bonds is 4. The number of thiophene rings is 1. The maximum atomic E-state index is 12.2. The van der Waals surface area contributed by atoms with Crippen LogP contribution in [-0.4, -0.2) is 16.4 Å². The number of hydrogen-bond acceptors (Lipinski definition) is 6. The van der Waals surface area contributed by atoms with Crippen LogP contribution in [0.2, 0.25) is 0 Å². The van der Waals surface area contributed by atoms with Gasteiger partial charge in [-0.3, -0.25) is 4.79 Å². The average Bonchev–Trinajstić information content (AvgIpc) is 2.90. The van der Waals surface area contributed by atoms with Crippen LogP contribution in [0, 0.1) is 0 Å². The molecule has 2 rings (SSSR count). The molecule has 0 saturated heterocycles. The van der Waals surface area contributed by atoms with Crippen molar-refractivity contribution in [3.63, 3.8) is 0 Å². The van der Waals surface area contributed by atoms with Gasteiger partial charge in [-0.2, -0.15) is 0 Å². The molecule has 4 N–H and O–H groups in total. The Morgan fingerprint density at radius 2 is 2.19 bits per heavy atom. The molecule has 114 valence electrons. The normalized spacial score (nSPS) is 11.4. The summed E-state index contributed by atoms with van der Waals surface area (Å²) in [6, 6.07) is 1.98. The van der Waals surface area contributed by atoms with Crippen molar-refractivity contribution in [2.75, 3.05) is 11.1 Å². The van der Waals surface area contributed by atoms with Crippen LogP contribution in [0.4, 0.5) is 10.9 Å². The average molecular weight is 389 g/mol. The predicted molar refractivity (Wildman–Crippen MR) is 93.1 cm³/mol. The molecule has 2 aromatic heterocycles. The van der Waals surface area contributed by atoms with E-state index in [2.05, 4.69) is 31.5 Å². The van der Waals surface area contributed by atoms with Crippen molar-refractivity contribution in [1.82, 2.24) is 10.3 Å². The number of carbonyl (C=O) groups excluding carboxylic acids is 1. The molecule has 8 heteroatoms. The molecule has 5 nitrogen and oxygen atoms in total. The van der Waals surface area contributed by atoms with Gasteiger partial charge in [0.05, 0.1) is 6.54 Å². The molecule has 0 spiro atoms. The maximum Gasteiger partial charge on any atom is 0.265 e. The van der Waals surface area contributed by atoms with Crippen LogP contribution in [0.3, 0.4) is 0 Å². The summed E-state index contributed by atoms with van der Waals surface area (Å²) in [5.41, 5.74) is 5.70. The van der Waals surface area contributed by atoms with Gasteiger partial charge >= 0.3 is 0 Å². The van der Waals surface area contributed by atoms with Crippen LogP contribution in [-0.2, 0) is 6.54 Å². The van der Waals surface area contributed by atoms with Gasteiger partial charge in [-0.15, -0.1) is 11.3 Å². The third kappa shape index (κ3) is 4.69.